The van der Waals surface area contributed by atoms with Gasteiger partial charge in [0.15, 0.2) is 17.5 Å². The van der Waals surface area contributed by atoms with Gasteiger partial charge < -0.3 is 15.3 Å². The summed E-state index contributed by atoms with van der Waals surface area (Å²) in [6, 6.07) is 5.36. The second-order valence-electron chi connectivity index (χ2n) is 9.70. The number of hydrogen-bond donors (Lipinski definition) is 2. The van der Waals surface area contributed by atoms with E-state index >= 15 is 0 Å². The quantitative estimate of drug-likeness (QED) is 0.605. The lowest BCUT2D eigenvalue weighted by atomic mass is 9.75. The van der Waals surface area contributed by atoms with Gasteiger partial charge in [-0.15, -0.1) is 10.2 Å². The van der Waals surface area contributed by atoms with Crippen LogP contribution in [-0.4, -0.2) is 54.5 Å². The molecule has 10 heteroatoms. The Hall–Kier alpha value is -3.40. The second-order valence-corrected chi connectivity index (χ2v) is 9.70. The first kappa shape index (κ1) is 22.4. The monoisotopic (exact) mass is 465 g/mol. The molecule has 0 spiro atoms. The van der Waals surface area contributed by atoms with E-state index in [-0.39, 0.29) is 28.4 Å². The zero-order valence-electron chi connectivity index (χ0n) is 19.5. The SMILES string of the molecule is CN(c1cnc(-c2ccc(-c3nc(=O)n(C)cc3F)cc2O)nn1)[C@@H]1C[C@H]2CCC[C@@](C)(C1)N2. The molecule has 3 aromatic rings. The molecule has 2 aromatic heterocycles. The molecule has 34 heavy (non-hydrogen) atoms. The van der Waals surface area contributed by atoms with Gasteiger partial charge in [0.25, 0.3) is 0 Å². The molecule has 0 unspecified atom stereocenters. The maximum absolute atomic E-state index is 14.3. The van der Waals surface area contributed by atoms with Gasteiger partial charge in [0.05, 0.1) is 11.8 Å². The van der Waals surface area contributed by atoms with Crippen LogP contribution in [-0.2, 0) is 7.05 Å². The van der Waals surface area contributed by atoms with E-state index in [1.54, 1.807) is 18.3 Å². The van der Waals surface area contributed by atoms with E-state index in [0.29, 0.717) is 23.5 Å². The van der Waals surface area contributed by atoms with Gasteiger partial charge in [-0.1, -0.05) is 12.5 Å². The summed E-state index contributed by atoms with van der Waals surface area (Å²) >= 11 is 0. The first-order valence-corrected chi connectivity index (χ1v) is 11.5. The van der Waals surface area contributed by atoms with Crippen LogP contribution >= 0.6 is 0 Å². The number of hydrogen-bond acceptors (Lipinski definition) is 8. The molecule has 2 aliphatic heterocycles. The predicted octanol–water partition coefficient (Wildman–Crippen LogP) is 2.64. The Balaban J connectivity index is 1.36. The van der Waals surface area contributed by atoms with Crippen molar-refractivity contribution in [3.05, 3.63) is 46.9 Å². The van der Waals surface area contributed by atoms with Crippen LogP contribution in [0.25, 0.3) is 22.6 Å². The van der Waals surface area contributed by atoms with Crippen LogP contribution in [0.2, 0.25) is 0 Å². The molecule has 5 rings (SSSR count). The van der Waals surface area contributed by atoms with Crippen molar-refractivity contribution in [2.75, 3.05) is 11.9 Å². The number of aromatic nitrogens is 5. The lowest BCUT2D eigenvalue weighted by molar-refractivity contribution is 0.140. The van der Waals surface area contributed by atoms with Crippen LogP contribution in [0.4, 0.5) is 10.2 Å². The van der Waals surface area contributed by atoms with Crippen molar-refractivity contribution in [2.45, 2.75) is 56.7 Å². The number of nitrogens with one attached hydrogen (secondary N) is 1. The van der Waals surface area contributed by atoms with Gasteiger partial charge in [0, 0.05) is 43.5 Å². The predicted molar refractivity (Wildman–Crippen MR) is 126 cm³/mol. The highest BCUT2D eigenvalue weighted by molar-refractivity contribution is 5.71. The molecule has 4 heterocycles. The topological polar surface area (TPSA) is 109 Å². The Morgan fingerprint density at radius 3 is 2.85 bits per heavy atom. The van der Waals surface area contributed by atoms with Crippen molar-refractivity contribution in [2.24, 2.45) is 7.05 Å². The first-order valence-electron chi connectivity index (χ1n) is 11.5. The minimum Gasteiger partial charge on any atom is -0.507 e. The molecule has 0 amide bonds. The van der Waals surface area contributed by atoms with Crippen LogP contribution in [0.1, 0.15) is 39.0 Å². The summed E-state index contributed by atoms with van der Waals surface area (Å²) in [5.74, 6) is 0.129. The Morgan fingerprint density at radius 2 is 2.15 bits per heavy atom. The molecule has 0 radical (unpaired) electrons. The van der Waals surface area contributed by atoms with Crippen molar-refractivity contribution >= 4 is 5.82 Å². The third-order valence-electron chi connectivity index (χ3n) is 7.09. The van der Waals surface area contributed by atoms with E-state index in [1.807, 2.05) is 7.05 Å². The van der Waals surface area contributed by atoms with E-state index < -0.39 is 11.5 Å². The Labute approximate surface area is 196 Å². The van der Waals surface area contributed by atoms with Crippen LogP contribution in [0.15, 0.2) is 35.4 Å². The lowest BCUT2D eigenvalue weighted by Gasteiger charge is -2.49. The van der Waals surface area contributed by atoms with E-state index in [9.17, 15) is 14.3 Å². The summed E-state index contributed by atoms with van der Waals surface area (Å²) in [6.45, 7) is 2.30. The molecule has 2 N–H and O–H groups in total. The molecule has 2 bridgehead atoms. The van der Waals surface area contributed by atoms with Crippen molar-refractivity contribution in [3.63, 3.8) is 0 Å². The number of aromatic hydroxyl groups is 1. The number of halogens is 1. The van der Waals surface area contributed by atoms with Gasteiger partial charge in [0.1, 0.15) is 11.4 Å². The van der Waals surface area contributed by atoms with Crippen molar-refractivity contribution < 1.29 is 9.50 Å². The molecule has 2 saturated heterocycles. The summed E-state index contributed by atoms with van der Waals surface area (Å²) in [5, 5.41) is 22.9. The number of phenols is 1. The minimum atomic E-state index is -0.657. The van der Waals surface area contributed by atoms with Crippen molar-refractivity contribution in [3.8, 4) is 28.4 Å². The molecule has 0 aliphatic carbocycles. The summed E-state index contributed by atoms with van der Waals surface area (Å²) < 4.78 is 15.4. The van der Waals surface area contributed by atoms with Crippen LogP contribution in [0.3, 0.4) is 0 Å². The average molecular weight is 466 g/mol. The third-order valence-corrected chi connectivity index (χ3v) is 7.09. The largest absolute Gasteiger partial charge is 0.507 e. The lowest BCUT2D eigenvalue weighted by Crippen LogP contribution is -2.61. The van der Waals surface area contributed by atoms with Gasteiger partial charge in [-0.2, -0.15) is 4.98 Å². The molecule has 2 aliphatic rings. The van der Waals surface area contributed by atoms with Gasteiger partial charge in [-0.05, 0) is 44.7 Å². The van der Waals surface area contributed by atoms with Gasteiger partial charge in [-0.3, -0.25) is 4.57 Å². The third kappa shape index (κ3) is 4.13. The highest BCUT2D eigenvalue weighted by Crippen LogP contribution is 2.36. The smallest absolute Gasteiger partial charge is 0.348 e. The van der Waals surface area contributed by atoms with Gasteiger partial charge in [-0.25, -0.2) is 14.2 Å². The molecule has 0 saturated carbocycles. The van der Waals surface area contributed by atoms with E-state index in [0.717, 1.165) is 23.6 Å². The number of fused-ring (bicyclic) bond motifs is 2. The molecule has 2 fully saturated rings. The van der Waals surface area contributed by atoms with E-state index in [2.05, 4.69) is 37.3 Å². The number of benzene rings is 1. The van der Waals surface area contributed by atoms with Gasteiger partial charge in [0.2, 0.25) is 0 Å². The van der Waals surface area contributed by atoms with Gasteiger partial charge >= 0.3 is 5.69 Å². The molecule has 1 aromatic carbocycles. The van der Waals surface area contributed by atoms with Crippen LogP contribution in [0, 0.1) is 5.82 Å². The van der Waals surface area contributed by atoms with Crippen molar-refractivity contribution in [1.29, 1.82) is 0 Å². The summed E-state index contributed by atoms with van der Waals surface area (Å²) in [5.41, 5.74) is 0.0930. The number of rotatable bonds is 4. The number of aryl methyl sites for hydroxylation is 1. The Kier molecular flexibility index (Phi) is 5.55. The van der Waals surface area contributed by atoms with E-state index in [1.165, 1.54) is 32.4 Å². The maximum atomic E-state index is 14.3. The summed E-state index contributed by atoms with van der Waals surface area (Å²) in [6.07, 6.45) is 8.49. The molecule has 178 valence electrons. The van der Waals surface area contributed by atoms with Crippen molar-refractivity contribution in [1.82, 2.24) is 30.0 Å². The fraction of sp³-hybridized carbons (Fsp3) is 0.458. The first-order chi connectivity index (χ1) is 16.2. The molecule has 3 atom stereocenters. The van der Waals surface area contributed by atoms with Crippen LogP contribution in [0.5, 0.6) is 5.75 Å². The fourth-order valence-corrected chi connectivity index (χ4v) is 5.27. The number of nitrogens with zero attached hydrogens (tertiary/aromatic N) is 6. The summed E-state index contributed by atoms with van der Waals surface area (Å²) in [7, 11) is 3.45. The average Bonchev–Trinajstić information content (AvgIpc) is 2.80. The molecular weight excluding hydrogens is 437 g/mol. The minimum absolute atomic E-state index is 0.124. The normalized spacial score (nSPS) is 24.1. The maximum Gasteiger partial charge on any atom is 0.348 e. The summed E-state index contributed by atoms with van der Waals surface area (Å²) in [4.78, 5) is 22.1. The molecule has 9 nitrogen and oxygen atoms in total. The highest BCUT2D eigenvalue weighted by Gasteiger charge is 2.40. The molecular formula is C24H28FN7O2. The number of phenolic OH excluding ortho intramolecular Hbond substituents is 1. The number of piperidine rings is 2. The highest BCUT2D eigenvalue weighted by atomic mass is 19.1. The number of anilines is 1. The Bertz CT molecular complexity index is 1280. The standard InChI is InChI=1S/C24H28FN7O2/c1-24-8-4-5-15(28-24)10-16(11-24)32(3)20-12-26-22(30-29-20)17-7-6-14(9-19(17)33)21-18(25)13-31(2)23(34)27-21/h6-7,9,12-13,15-16,28,33H,4-5,8,10-11H2,1-3H3/t15-,16-,24+/m1/s1. The fourth-order valence-electron chi connectivity index (χ4n) is 5.27. The van der Waals surface area contributed by atoms with Crippen LogP contribution < -0.4 is 15.9 Å². The zero-order valence-corrected chi connectivity index (χ0v) is 19.5. The second kappa shape index (κ2) is 8.43. The Morgan fingerprint density at radius 1 is 1.32 bits per heavy atom. The van der Waals surface area contributed by atoms with E-state index in [4.69, 9.17) is 0 Å². The zero-order chi connectivity index (χ0) is 24.0.